The van der Waals surface area contributed by atoms with E-state index in [1.54, 1.807) is 7.05 Å². The van der Waals surface area contributed by atoms with Crippen molar-refractivity contribution in [3.8, 4) is 0 Å². The zero-order valence-electron chi connectivity index (χ0n) is 16.0. The topological polar surface area (TPSA) is 66.4 Å². The molecule has 3 rings (SSSR count). The predicted octanol–water partition coefficient (Wildman–Crippen LogP) is 3.60. The van der Waals surface area contributed by atoms with Crippen LogP contribution in [0.5, 0.6) is 0 Å². The number of benzene rings is 1. The minimum atomic E-state index is -0.710. The Morgan fingerprint density at radius 1 is 1.30 bits per heavy atom. The standard InChI is InChI=1S/C20H28N4OS.HI/c1-3-26(25)17-9-6-8-16(13-17)24-20(21-2)23-14-19-18-10-5-4-7-15(18)11-12-22-19;/h4-5,7,10-12,16-17H,3,6,8-9,13-14H2,1-2H3,(H2,21,23,24);1H. The van der Waals surface area contributed by atoms with E-state index in [1.165, 1.54) is 5.39 Å². The van der Waals surface area contributed by atoms with E-state index in [-0.39, 0.29) is 24.0 Å². The smallest absolute Gasteiger partial charge is 0.191 e. The van der Waals surface area contributed by atoms with E-state index in [0.717, 1.165) is 48.5 Å². The maximum absolute atomic E-state index is 12.1. The largest absolute Gasteiger partial charge is 0.354 e. The second-order valence-corrected chi connectivity index (χ2v) is 8.71. The van der Waals surface area contributed by atoms with Crippen LogP contribution in [0.25, 0.3) is 10.8 Å². The fourth-order valence-electron chi connectivity index (χ4n) is 3.63. The second kappa shape index (κ2) is 10.9. The molecule has 3 atom stereocenters. The van der Waals surface area contributed by atoms with Gasteiger partial charge < -0.3 is 10.6 Å². The first-order valence-corrected chi connectivity index (χ1v) is 10.8. The number of fused-ring (bicyclic) bond motifs is 1. The minimum absolute atomic E-state index is 0. The number of hydrogen-bond acceptors (Lipinski definition) is 3. The van der Waals surface area contributed by atoms with Crippen LogP contribution in [0.15, 0.2) is 41.5 Å². The molecule has 1 heterocycles. The molecule has 2 N–H and O–H groups in total. The first kappa shape index (κ1) is 22.1. The van der Waals surface area contributed by atoms with E-state index in [9.17, 15) is 4.21 Å². The first-order valence-electron chi connectivity index (χ1n) is 9.38. The van der Waals surface area contributed by atoms with E-state index < -0.39 is 10.8 Å². The number of hydrogen-bond donors (Lipinski definition) is 2. The van der Waals surface area contributed by atoms with Crippen molar-refractivity contribution in [3.05, 3.63) is 42.2 Å². The van der Waals surface area contributed by atoms with Crippen molar-refractivity contribution in [2.24, 2.45) is 4.99 Å². The van der Waals surface area contributed by atoms with Crippen LogP contribution in [0.3, 0.4) is 0 Å². The highest BCUT2D eigenvalue weighted by Crippen LogP contribution is 2.23. The Morgan fingerprint density at radius 3 is 2.89 bits per heavy atom. The molecular weight excluding hydrogens is 471 g/mol. The average molecular weight is 500 g/mol. The van der Waals surface area contributed by atoms with Gasteiger partial charge in [0.15, 0.2) is 5.96 Å². The highest BCUT2D eigenvalue weighted by atomic mass is 127. The van der Waals surface area contributed by atoms with Crippen molar-refractivity contribution in [3.63, 3.8) is 0 Å². The van der Waals surface area contributed by atoms with Gasteiger partial charge in [-0.2, -0.15) is 0 Å². The molecule has 1 aromatic heterocycles. The number of pyridine rings is 1. The molecule has 148 valence electrons. The van der Waals surface area contributed by atoms with Gasteiger partial charge in [-0.3, -0.25) is 14.2 Å². The maximum atomic E-state index is 12.1. The molecule has 1 aliphatic carbocycles. The molecule has 1 aromatic carbocycles. The molecular formula is C20H29IN4OS. The summed E-state index contributed by atoms with van der Waals surface area (Å²) in [7, 11) is 1.08. The average Bonchev–Trinajstić information content (AvgIpc) is 2.70. The number of nitrogens with one attached hydrogen (secondary N) is 2. The van der Waals surface area contributed by atoms with Crippen LogP contribution < -0.4 is 10.6 Å². The highest BCUT2D eigenvalue weighted by molar-refractivity contribution is 14.0. The number of nitrogens with zero attached hydrogens (tertiary/aromatic N) is 2. The number of aliphatic imine (C=N–C) groups is 1. The Morgan fingerprint density at radius 2 is 2.11 bits per heavy atom. The Labute approximate surface area is 181 Å². The third-order valence-corrected chi connectivity index (χ3v) is 6.77. The van der Waals surface area contributed by atoms with Crippen molar-refractivity contribution in [2.75, 3.05) is 12.8 Å². The van der Waals surface area contributed by atoms with Gasteiger partial charge >= 0.3 is 0 Å². The van der Waals surface area contributed by atoms with Gasteiger partial charge in [0.1, 0.15) is 0 Å². The molecule has 0 saturated heterocycles. The Bertz CT molecular complexity index is 793. The lowest BCUT2D eigenvalue weighted by molar-refractivity contribution is 0.413. The highest BCUT2D eigenvalue weighted by Gasteiger charge is 2.26. The summed E-state index contributed by atoms with van der Waals surface area (Å²) in [5.74, 6) is 1.53. The number of rotatable bonds is 5. The SMILES string of the molecule is CCS(=O)C1CCCC(NC(=NC)NCc2nccc3ccccc23)C1.I. The summed E-state index contributed by atoms with van der Waals surface area (Å²) < 4.78 is 12.1. The minimum Gasteiger partial charge on any atom is -0.354 e. The molecule has 0 bridgehead atoms. The van der Waals surface area contributed by atoms with Crippen molar-refractivity contribution < 1.29 is 4.21 Å². The summed E-state index contributed by atoms with van der Waals surface area (Å²) in [6.45, 7) is 2.63. The zero-order valence-corrected chi connectivity index (χ0v) is 19.1. The van der Waals surface area contributed by atoms with Crippen molar-refractivity contribution in [1.29, 1.82) is 0 Å². The van der Waals surface area contributed by atoms with Crippen LogP contribution in [0.2, 0.25) is 0 Å². The lowest BCUT2D eigenvalue weighted by Gasteiger charge is -2.30. The van der Waals surface area contributed by atoms with Crippen LogP contribution in [-0.2, 0) is 17.3 Å². The van der Waals surface area contributed by atoms with Crippen molar-refractivity contribution >= 4 is 51.5 Å². The van der Waals surface area contributed by atoms with Gasteiger partial charge in [0.25, 0.3) is 0 Å². The van der Waals surface area contributed by atoms with Gasteiger partial charge in [-0.25, -0.2) is 0 Å². The maximum Gasteiger partial charge on any atom is 0.191 e. The van der Waals surface area contributed by atoms with Gasteiger partial charge in [0, 0.05) is 46.5 Å². The molecule has 3 unspecified atom stereocenters. The van der Waals surface area contributed by atoms with Gasteiger partial charge in [0.05, 0.1) is 12.2 Å². The Balaban J connectivity index is 0.00000261. The molecule has 1 aliphatic rings. The lowest BCUT2D eigenvalue weighted by Crippen LogP contribution is -2.46. The van der Waals surface area contributed by atoms with Gasteiger partial charge in [0.2, 0.25) is 0 Å². The molecule has 0 spiro atoms. The number of halogens is 1. The van der Waals surface area contributed by atoms with E-state index in [4.69, 9.17) is 0 Å². The van der Waals surface area contributed by atoms with Crippen LogP contribution >= 0.6 is 24.0 Å². The van der Waals surface area contributed by atoms with Gasteiger partial charge in [-0.1, -0.05) is 37.6 Å². The molecule has 0 aliphatic heterocycles. The Kier molecular flexibility index (Phi) is 8.95. The molecule has 7 heteroatoms. The number of aromatic nitrogens is 1. The normalized spacial score (nSPS) is 21.3. The van der Waals surface area contributed by atoms with E-state index in [1.807, 2.05) is 31.3 Å². The molecule has 1 saturated carbocycles. The van der Waals surface area contributed by atoms with E-state index in [0.29, 0.717) is 17.8 Å². The number of guanidine groups is 1. The summed E-state index contributed by atoms with van der Waals surface area (Å²) in [4.78, 5) is 8.88. The van der Waals surface area contributed by atoms with Crippen LogP contribution in [-0.4, -0.2) is 39.2 Å². The fourth-order valence-corrected chi connectivity index (χ4v) is 4.98. The molecule has 5 nitrogen and oxygen atoms in total. The Hall–Kier alpha value is -1.22. The van der Waals surface area contributed by atoms with Gasteiger partial charge in [-0.05, 0) is 30.7 Å². The summed E-state index contributed by atoms with van der Waals surface area (Å²) in [6, 6.07) is 10.6. The molecule has 0 radical (unpaired) electrons. The molecule has 2 aromatic rings. The van der Waals surface area contributed by atoms with Crippen LogP contribution in [0.4, 0.5) is 0 Å². The third kappa shape index (κ3) is 5.88. The third-order valence-electron chi connectivity index (χ3n) is 5.03. The summed E-state index contributed by atoms with van der Waals surface area (Å²) >= 11 is 0. The summed E-state index contributed by atoms with van der Waals surface area (Å²) in [5, 5.41) is 9.56. The van der Waals surface area contributed by atoms with Crippen molar-refractivity contribution in [2.45, 2.75) is 50.4 Å². The summed E-state index contributed by atoms with van der Waals surface area (Å²) in [5.41, 5.74) is 1.01. The van der Waals surface area contributed by atoms with E-state index in [2.05, 4.69) is 32.7 Å². The zero-order chi connectivity index (χ0) is 18.4. The van der Waals surface area contributed by atoms with E-state index >= 15 is 0 Å². The monoisotopic (exact) mass is 500 g/mol. The fraction of sp³-hybridized carbons (Fsp3) is 0.500. The molecule has 0 amide bonds. The lowest BCUT2D eigenvalue weighted by atomic mass is 9.95. The first-order chi connectivity index (χ1) is 12.7. The van der Waals surface area contributed by atoms with Crippen LogP contribution in [0.1, 0.15) is 38.3 Å². The predicted molar refractivity (Wildman–Crippen MR) is 125 cm³/mol. The molecule has 27 heavy (non-hydrogen) atoms. The van der Waals surface area contributed by atoms with Crippen LogP contribution in [0, 0.1) is 0 Å². The second-order valence-electron chi connectivity index (χ2n) is 6.70. The summed E-state index contributed by atoms with van der Waals surface area (Å²) in [6.07, 6.45) is 6.10. The van der Waals surface area contributed by atoms with Gasteiger partial charge in [-0.15, -0.1) is 24.0 Å². The quantitative estimate of drug-likeness (QED) is 0.374. The van der Waals surface area contributed by atoms with Crippen molar-refractivity contribution in [1.82, 2.24) is 15.6 Å². The molecule has 1 fully saturated rings.